The molecule has 0 aromatic rings. The fraction of sp³-hybridized carbons (Fsp3) is 1.00. The minimum absolute atomic E-state index is 0.745. The summed E-state index contributed by atoms with van der Waals surface area (Å²) in [5.74, 6) is 1.50. The Morgan fingerprint density at radius 1 is 0.629 bits per heavy atom. The second-order valence-corrected chi connectivity index (χ2v) is 14.8. The smallest absolute Gasteiger partial charge is 0.377 e. The second kappa shape index (κ2) is 23.5. The number of halogens is 1. The lowest BCUT2D eigenvalue weighted by molar-refractivity contribution is -0.893. The van der Waals surface area contributed by atoms with E-state index in [1.165, 1.54) is 109 Å². The van der Waals surface area contributed by atoms with Crippen molar-refractivity contribution in [3.8, 4) is 0 Å². The quantitative estimate of drug-likeness (QED) is 0.0454. The van der Waals surface area contributed by atoms with Gasteiger partial charge in [0.05, 0.1) is 27.2 Å². The van der Waals surface area contributed by atoms with Crippen LogP contribution in [0, 0.1) is 5.92 Å². The first-order valence-corrected chi connectivity index (χ1v) is 17.4. The highest BCUT2D eigenvalue weighted by atomic mass is 35.5. The molecule has 0 spiro atoms. The van der Waals surface area contributed by atoms with Crippen LogP contribution >= 0.6 is 11.6 Å². The standard InChI is InChI=1S/C29H63ClNO3Si/c1-7-8-9-10-11-12-13-14-15-16-17-18-19-20-23-29(28-31(2,3)26-22-25-30)24-21-27-35(32-4,33-5)34-6/h29H,7-28H2,1-6H3/q+1. The molecule has 0 radical (unpaired) electrons. The van der Waals surface area contributed by atoms with Crippen LogP contribution in [0.25, 0.3) is 0 Å². The third kappa shape index (κ3) is 20.0. The minimum Gasteiger partial charge on any atom is -0.377 e. The summed E-state index contributed by atoms with van der Waals surface area (Å²) < 4.78 is 18.0. The van der Waals surface area contributed by atoms with Crippen molar-refractivity contribution < 1.29 is 17.8 Å². The van der Waals surface area contributed by atoms with Gasteiger partial charge in [0.25, 0.3) is 0 Å². The Balaban J connectivity index is 4.15. The number of quaternary nitrogens is 1. The summed E-state index contributed by atoms with van der Waals surface area (Å²) in [6.45, 7) is 4.69. The van der Waals surface area contributed by atoms with E-state index in [0.29, 0.717) is 0 Å². The Hall–Kier alpha value is 0.347. The SMILES string of the molecule is CCCCCCCCCCCCCCCCC(CCC[Si](OC)(OC)OC)C[N+](C)(C)CCCCl. The number of hydrogen-bond acceptors (Lipinski definition) is 3. The Labute approximate surface area is 226 Å². The number of nitrogens with zero attached hydrogens (tertiary/aromatic N) is 1. The lowest BCUT2D eigenvalue weighted by atomic mass is 9.94. The predicted molar refractivity (Wildman–Crippen MR) is 156 cm³/mol. The van der Waals surface area contributed by atoms with Crippen LogP contribution in [0.1, 0.15) is 122 Å². The average molecular weight is 537 g/mol. The molecule has 0 aliphatic heterocycles. The fourth-order valence-corrected chi connectivity index (χ4v) is 7.26. The van der Waals surface area contributed by atoms with Gasteiger partial charge in [0.2, 0.25) is 0 Å². The highest BCUT2D eigenvalue weighted by Gasteiger charge is 2.37. The monoisotopic (exact) mass is 536 g/mol. The van der Waals surface area contributed by atoms with Gasteiger partial charge in [-0.25, -0.2) is 0 Å². The van der Waals surface area contributed by atoms with E-state index in [0.717, 1.165) is 41.7 Å². The first kappa shape index (κ1) is 35.3. The molecule has 0 aliphatic carbocycles. The molecule has 0 fully saturated rings. The molecule has 0 bridgehead atoms. The van der Waals surface area contributed by atoms with Crippen LogP contribution < -0.4 is 0 Å². The molecular formula is C29H63ClNO3Si+. The molecule has 212 valence electrons. The van der Waals surface area contributed by atoms with Gasteiger partial charge in [0.1, 0.15) is 0 Å². The van der Waals surface area contributed by atoms with Crippen LogP contribution in [-0.4, -0.2) is 67.7 Å². The van der Waals surface area contributed by atoms with E-state index in [9.17, 15) is 0 Å². The Morgan fingerprint density at radius 3 is 1.49 bits per heavy atom. The fourth-order valence-electron chi connectivity index (χ4n) is 5.40. The van der Waals surface area contributed by atoms with E-state index >= 15 is 0 Å². The van der Waals surface area contributed by atoms with Crippen LogP contribution in [-0.2, 0) is 13.3 Å². The van der Waals surface area contributed by atoms with E-state index in [2.05, 4.69) is 21.0 Å². The van der Waals surface area contributed by atoms with Crippen LogP contribution in [0.2, 0.25) is 6.04 Å². The molecular weight excluding hydrogens is 474 g/mol. The van der Waals surface area contributed by atoms with Crippen molar-refractivity contribution in [1.82, 2.24) is 0 Å². The lowest BCUT2D eigenvalue weighted by Crippen LogP contribution is -2.45. The van der Waals surface area contributed by atoms with Crippen molar-refractivity contribution >= 4 is 20.4 Å². The summed E-state index contributed by atoms with van der Waals surface area (Å²) >= 11 is 5.98. The third-order valence-corrected chi connectivity index (χ3v) is 10.7. The summed E-state index contributed by atoms with van der Waals surface area (Å²) in [4.78, 5) is 0. The molecule has 0 aromatic carbocycles. The van der Waals surface area contributed by atoms with Gasteiger partial charge in [0, 0.05) is 45.6 Å². The third-order valence-electron chi connectivity index (χ3n) is 7.64. The molecule has 0 heterocycles. The van der Waals surface area contributed by atoms with Crippen LogP contribution in [0.3, 0.4) is 0 Å². The summed E-state index contributed by atoms with van der Waals surface area (Å²) in [6, 6.07) is 0.904. The van der Waals surface area contributed by atoms with Gasteiger partial charge in [-0.2, -0.15) is 0 Å². The van der Waals surface area contributed by atoms with E-state index in [4.69, 9.17) is 24.9 Å². The van der Waals surface area contributed by atoms with Gasteiger partial charge >= 0.3 is 8.80 Å². The molecule has 0 aromatic heterocycles. The zero-order valence-electron chi connectivity index (χ0n) is 24.7. The molecule has 4 nitrogen and oxygen atoms in total. The summed E-state index contributed by atoms with van der Waals surface area (Å²) in [5.41, 5.74) is 0. The Bertz CT molecular complexity index is 441. The van der Waals surface area contributed by atoms with E-state index in [1.807, 2.05) is 0 Å². The maximum Gasteiger partial charge on any atom is 0.500 e. The van der Waals surface area contributed by atoms with Crippen LogP contribution in [0.4, 0.5) is 0 Å². The van der Waals surface area contributed by atoms with Gasteiger partial charge in [-0.15, -0.1) is 11.6 Å². The van der Waals surface area contributed by atoms with Gasteiger partial charge in [-0.05, 0) is 19.3 Å². The highest BCUT2D eigenvalue weighted by molar-refractivity contribution is 6.60. The number of alkyl halides is 1. The molecule has 0 saturated heterocycles. The van der Waals surface area contributed by atoms with Gasteiger partial charge in [-0.3, -0.25) is 0 Å². The van der Waals surface area contributed by atoms with Crippen molar-refractivity contribution in [3.05, 3.63) is 0 Å². The Kier molecular flexibility index (Phi) is 23.7. The lowest BCUT2D eigenvalue weighted by Gasteiger charge is -2.34. The largest absolute Gasteiger partial charge is 0.500 e. The zero-order valence-corrected chi connectivity index (χ0v) is 26.4. The van der Waals surface area contributed by atoms with E-state index in [-0.39, 0.29) is 0 Å². The van der Waals surface area contributed by atoms with Crippen LogP contribution in [0.5, 0.6) is 0 Å². The van der Waals surface area contributed by atoms with Crippen molar-refractivity contribution in [3.63, 3.8) is 0 Å². The first-order valence-electron chi connectivity index (χ1n) is 14.9. The minimum atomic E-state index is -2.46. The Morgan fingerprint density at radius 2 is 1.06 bits per heavy atom. The van der Waals surface area contributed by atoms with E-state index in [1.54, 1.807) is 21.3 Å². The van der Waals surface area contributed by atoms with Gasteiger partial charge < -0.3 is 17.8 Å². The van der Waals surface area contributed by atoms with Gasteiger partial charge in [-0.1, -0.05) is 96.8 Å². The van der Waals surface area contributed by atoms with Crippen LogP contribution in [0.15, 0.2) is 0 Å². The van der Waals surface area contributed by atoms with Crippen molar-refractivity contribution in [2.75, 3.05) is 54.4 Å². The molecule has 6 heteroatoms. The number of rotatable bonds is 27. The number of unbranched alkanes of at least 4 members (excludes halogenated alkanes) is 13. The molecule has 0 amide bonds. The predicted octanol–water partition coefficient (Wildman–Crippen LogP) is 8.84. The second-order valence-electron chi connectivity index (χ2n) is 11.3. The molecule has 35 heavy (non-hydrogen) atoms. The maximum absolute atomic E-state index is 5.98. The molecule has 0 N–H and O–H groups in total. The van der Waals surface area contributed by atoms with Gasteiger partial charge in [0.15, 0.2) is 0 Å². The summed E-state index contributed by atoms with van der Waals surface area (Å²) in [6.07, 6.45) is 24.7. The zero-order chi connectivity index (χ0) is 26.3. The molecule has 0 saturated carbocycles. The molecule has 0 rings (SSSR count). The van der Waals surface area contributed by atoms with Crippen molar-refractivity contribution in [2.45, 2.75) is 129 Å². The average Bonchev–Trinajstić information content (AvgIpc) is 2.85. The summed E-state index contributed by atoms with van der Waals surface area (Å²) in [5, 5.41) is 0. The van der Waals surface area contributed by atoms with E-state index < -0.39 is 8.80 Å². The molecule has 0 aliphatic rings. The molecule has 1 unspecified atom stereocenters. The normalized spacial score (nSPS) is 13.5. The molecule has 1 atom stereocenters. The highest BCUT2D eigenvalue weighted by Crippen LogP contribution is 2.25. The first-order chi connectivity index (χ1) is 16.9. The number of hydrogen-bond donors (Lipinski definition) is 0. The maximum atomic E-state index is 5.98. The summed E-state index contributed by atoms with van der Waals surface area (Å²) in [7, 11) is 7.43. The topological polar surface area (TPSA) is 27.7 Å². The van der Waals surface area contributed by atoms with Crippen molar-refractivity contribution in [2.24, 2.45) is 5.92 Å². The van der Waals surface area contributed by atoms with Crippen molar-refractivity contribution in [1.29, 1.82) is 0 Å².